The molecule has 1 amide bonds. The van der Waals surface area contributed by atoms with Crippen molar-refractivity contribution in [1.29, 1.82) is 0 Å². The minimum Gasteiger partial charge on any atom is -0.379 e. The van der Waals surface area contributed by atoms with Gasteiger partial charge < -0.3 is 15.0 Å². The number of carbonyl (C=O) groups excluding carboxylic acids is 1. The maximum atomic E-state index is 13.5. The predicted octanol–water partition coefficient (Wildman–Crippen LogP) is 1.50. The van der Waals surface area contributed by atoms with Gasteiger partial charge in [-0.1, -0.05) is 30.3 Å². The molecule has 2 fully saturated rings. The number of nitrogens with zero attached hydrogens (tertiary/aromatic N) is 5. The van der Waals surface area contributed by atoms with Crippen molar-refractivity contribution >= 4 is 22.9 Å². The number of ether oxygens (including phenoxy) is 1. The molecule has 0 saturated carbocycles. The molecule has 35 heavy (non-hydrogen) atoms. The van der Waals surface area contributed by atoms with E-state index in [-0.39, 0.29) is 17.4 Å². The van der Waals surface area contributed by atoms with Gasteiger partial charge in [0.05, 0.1) is 19.8 Å². The number of morpholine rings is 1. The first-order valence-corrected chi connectivity index (χ1v) is 12.4. The lowest BCUT2D eigenvalue weighted by atomic mass is 9.96. The molecule has 1 aromatic carbocycles. The van der Waals surface area contributed by atoms with E-state index in [1.54, 1.807) is 10.8 Å². The molecular formula is C26H32N6O3. The molecule has 0 atom stereocenters. The number of carbonyl (C=O) groups is 1. The first-order valence-electron chi connectivity index (χ1n) is 12.4. The number of hydrogen-bond acceptors (Lipinski definition) is 7. The first kappa shape index (κ1) is 23.4. The summed E-state index contributed by atoms with van der Waals surface area (Å²) >= 11 is 0. The van der Waals surface area contributed by atoms with E-state index in [4.69, 9.17) is 4.74 Å². The maximum absolute atomic E-state index is 13.5. The second kappa shape index (κ2) is 11.0. The van der Waals surface area contributed by atoms with Crippen LogP contribution in [-0.2, 0) is 16.1 Å². The summed E-state index contributed by atoms with van der Waals surface area (Å²) < 4.78 is 7.08. The van der Waals surface area contributed by atoms with E-state index < -0.39 is 0 Å². The van der Waals surface area contributed by atoms with Crippen molar-refractivity contribution in [2.45, 2.75) is 19.4 Å². The van der Waals surface area contributed by atoms with E-state index in [9.17, 15) is 9.59 Å². The van der Waals surface area contributed by atoms with E-state index in [0.717, 1.165) is 38.4 Å². The molecule has 2 aliphatic heterocycles. The summed E-state index contributed by atoms with van der Waals surface area (Å²) in [5.41, 5.74) is 2.17. The number of aromatic nitrogens is 3. The number of pyridine rings is 1. The highest BCUT2D eigenvalue weighted by Gasteiger charge is 2.28. The molecule has 184 valence electrons. The molecular weight excluding hydrogens is 444 g/mol. The molecule has 0 bridgehead atoms. The van der Waals surface area contributed by atoms with Crippen LogP contribution in [0.2, 0.25) is 0 Å². The molecule has 0 radical (unpaired) electrons. The van der Waals surface area contributed by atoms with Gasteiger partial charge in [0, 0.05) is 51.4 Å². The van der Waals surface area contributed by atoms with Gasteiger partial charge in [0.2, 0.25) is 5.91 Å². The summed E-state index contributed by atoms with van der Waals surface area (Å²) in [5.74, 6) is 0.507. The molecule has 2 aliphatic rings. The fourth-order valence-electron chi connectivity index (χ4n) is 4.84. The summed E-state index contributed by atoms with van der Waals surface area (Å²) in [6, 6.07) is 13.6. The van der Waals surface area contributed by atoms with Gasteiger partial charge in [-0.25, -0.2) is 9.97 Å². The Bertz CT molecular complexity index is 1200. The molecule has 9 nitrogen and oxygen atoms in total. The molecule has 1 N–H and O–H groups in total. The third-order valence-electron chi connectivity index (χ3n) is 6.86. The molecule has 0 unspecified atom stereocenters. The zero-order valence-electron chi connectivity index (χ0n) is 19.9. The fourth-order valence-corrected chi connectivity index (χ4v) is 4.84. The van der Waals surface area contributed by atoms with Gasteiger partial charge in [-0.2, -0.15) is 0 Å². The summed E-state index contributed by atoms with van der Waals surface area (Å²) in [4.78, 5) is 39.7. The Morgan fingerprint density at radius 3 is 2.57 bits per heavy atom. The van der Waals surface area contributed by atoms with E-state index in [1.807, 2.05) is 47.4 Å². The average Bonchev–Trinajstić information content (AvgIpc) is 2.91. The van der Waals surface area contributed by atoms with Crippen LogP contribution in [0.25, 0.3) is 11.2 Å². The molecule has 0 aliphatic carbocycles. The first-order chi connectivity index (χ1) is 17.2. The number of fused-ring (bicyclic) bond motifs is 1. The molecule has 5 rings (SSSR count). The highest BCUT2D eigenvalue weighted by Crippen LogP contribution is 2.22. The number of anilines is 1. The maximum Gasteiger partial charge on any atom is 0.295 e. The second-order valence-corrected chi connectivity index (χ2v) is 9.16. The number of benzene rings is 1. The molecule has 9 heteroatoms. The van der Waals surface area contributed by atoms with Crippen LogP contribution in [-0.4, -0.2) is 77.8 Å². The van der Waals surface area contributed by atoms with Gasteiger partial charge in [-0.15, -0.1) is 0 Å². The third kappa shape index (κ3) is 5.52. The topological polar surface area (TPSA) is 92.6 Å². The van der Waals surface area contributed by atoms with Gasteiger partial charge in [0.15, 0.2) is 11.5 Å². The monoisotopic (exact) mass is 476 g/mol. The van der Waals surface area contributed by atoms with E-state index >= 15 is 0 Å². The van der Waals surface area contributed by atoms with E-state index in [0.29, 0.717) is 56.0 Å². The van der Waals surface area contributed by atoms with Gasteiger partial charge in [-0.05, 0) is 30.5 Å². The van der Waals surface area contributed by atoms with Crippen LogP contribution in [0.3, 0.4) is 0 Å². The Morgan fingerprint density at radius 1 is 1.03 bits per heavy atom. The van der Waals surface area contributed by atoms with Crippen LogP contribution in [0.1, 0.15) is 18.4 Å². The Balaban J connectivity index is 1.25. The minimum atomic E-state index is -0.145. The van der Waals surface area contributed by atoms with Gasteiger partial charge in [0.25, 0.3) is 5.56 Å². The van der Waals surface area contributed by atoms with Crippen LogP contribution in [0.15, 0.2) is 53.5 Å². The molecule has 4 heterocycles. The van der Waals surface area contributed by atoms with E-state index in [1.165, 1.54) is 0 Å². The number of piperidine rings is 1. The van der Waals surface area contributed by atoms with Crippen LogP contribution in [0.5, 0.6) is 0 Å². The SMILES string of the molecule is O=C(NCCN1CCOCC1)C1CCN(c2nc3cccnc3n(Cc3ccccc3)c2=O)CC1. The van der Waals surface area contributed by atoms with Crippen LogP contribution < -0.4 is 15.8 Å². The average molecular weight is 477 g/mol. The van der Waals surface area contributed by atoms with Crippen molar-refractivity contribution in [3.8, 4) is 0 Å². The van der Waals surface area contributed by atoms with Gasteiger partial charge in [-0.3, -0.25) is 19.1 Å². The van der Waals surface area contributed by atoms with Crippen molar-refractivity contribution in [2.24, 2.45) is 5.92 Å². The lowest BCUT2D eigenvalue weighted by Crippen LogP contribution is -2.45. The van der Waals surface area contributed by atoms with Crippen LogP contribution in [0, 0.1) is 5.92 Å². The predicted molar refractivity (Wildman–Crippen MR) is 135 cm³/mol. The lowest BCUT2D eigenvalue weighted by Gasteiger charge is -2.32. The molecule has 2 saturated heterocycles. The van der Waals surface area contributed by atoms with Crippen molar-refractivity contribution in [3.63, 3.8) is 0 Å². The smallest absolute Gasteiger partial charge is 0.295 e. The van der Waals surface area contributed by atoms with Crippen LogP contribution >= 0.6 is 0 Å². The molecule has 0 spiro atoms. The Hall–Kier alpha value is -3.30. The Labute approximate surface area is 204 Å². The Morgan fingerprint density at radius 2 is 1.80 bits per heavy atom. The normalized spacial score (nSPS) is 17.5. The summed E-state index contributed by atoms with van der Waals surface area (Å²) in [7, 11) is 0. The van der Waals surface area contributed by atoms with E-state index in [2.05, 4.69) is 20.2 Å². The number of nitrogens with one attached hydrogen (secondary N) is 1. The zero-order valence-corrected chi connectivity index (χ0v) is 19.9. The van der Waals surface area contributed by atoms with Crippen LogP contribution in [0.4, 0.5) is 5.82 Å². The second-order valence-electron chi connectivity index (χ2n) is 9.16. The zero-order chi connectivity index (χ0) is 24.0. The summed E-state index contributed by atoms with van der Waals surface area (Å²) in [5, 5.41) is 3.10. The fraction of sp³-hybridized carbons (Fsp3) is 0.462. The molecule has 3 aromatic rings. The van der Waals surface area contributed by atoms with Gasteiger partial charge in [0.1, 0.15) is 5.52 Å². The van der Waals surface area contributed by atoms with Crippen molar-refractivity contribution in [2.75, 3.05) is 57.4 Å². The number of rotatable bonds is 7. The summed E-state index contributed by atoms with van der Waals surface area (Å²) in [6.45, 7) is 6.56. The quantitative estimate of drug-likeness (QED) is 0.553. The highest BCUT2D eigenvalue weighted by molar-refractivity contribution is 5.79. The van der Waals surface area contributed by atoms with Crippen molar-refractivity contribution in [3.05, 3.63) is 64.6 Å². The minimum absolute atomic E-state index is 0.0374. The number of amides is 1. The highest BCUT2D eigenvalue weighted by atomic mass is 16.5. The van der Waals surface area contributed by atoms with Gasteiger partial charge >= 0.3 is 0 Å². The molecule has 2 aromatic heterocycles. The standard InChI is InChI=1S/C26H32N6O3/c33-25(28-11-14-30-15-17-35-18-16-30)21-8-12-31(13-9-21)24-26(34)32(19-20-5-2-1-3-6-20)23-22(29-24)7-4-10-27-23/h1-7,10,21H,8-9,11-19H2,(H,28,33). The Kier molecular flexibility index (Phi) is 7.34. The largest absolute Gasteiger partial charge is 0.379 e. The number of hydrogen-bond donors (Lipinski definition) is 1. The third-order valence-corrected chi connectivity index (χ3v) is 6.86. The van der Waals surface area contributed by atoms with Crippen molar-refractivity contribution < 1.29 is 9.53 Å². The lowest BCUT2D eigenvalue weighted by molar-refractivity contribution is -0.125. The summed E-state index contributed by atoms with van der Waals surface area (Å²) in [6.07, 6.45) is 3.09. The van der Waals surface area contributed by atoms with Crippen molar-refractivity contribution in [1.82, 2.24) is 24.8 Å².